The second-order valence-corrected chi connectivity index (χ2v) is 5.52. The van der Waals surface area contributed by atoms with Crippen molar-refractivity contribution in [3.8, 4) is 5.75 Å². The Labute approximate surface area is 127 Å². The number of piperidine rings is 1. The molecule has 0 aliphatic carbocycles. The number of benzene rings is 1. The highest BCUT2D eigenvalue weighted by atomic mass is 16.5. The van der Waals surface area contributed by atoms with Crippen LogP contribution in [0.4, 0.5) is 0 Å². The number of rotatable bonds is 6. The van der Waals surface area contributed by atoms with Gasteiger partial charge in [-0.15, -0.1) is 0 Å². The Balaban J connectivity index is 1.97. The predicted octanol–water partition coefficient (Wildman–Crippen LogP) is 2.75. The highest BCUT2D eigenvalue weighted by molar-refractivity contribution is 5.77. The van der Waals surface area contributed by atoms with E-state index in [1.54, 1.807) is 0 Å². The van der Waals surface area contributed by atoms with E-state index in [-0.39, 0.29) is 18.6 Å². The first kappa shape index (κ1) is 15.8. The maximum absolute atomic E-state index is 12.2. The molecule has 1 heterocycles. The van der Waals surface area contributed by atoms with E-state index in [4.69, 9.17) is 4.74 Å². The van der Waals surface area contributed by atoms with E-state index in [2.05, 4.69) is 18.3 Å². The standard InChI is InChI=1S/C17H26N2O2/c1-3-15(18-2)14-9-5-6-10-16(14)21-13-17(20)19-11-7-4-8-12-19/h5-6,9-10,15,18H,3-4,7-8,11-13H2,1-2H3. The van der Waals surface area contributed by atoms with Gasteiger partial charge in [-0.1, -0.05) is 25.1 Å². The summed E-state index contributed by atoms with van der Waals surface area (Å²) in [5.41, 5.74) is 1.12. The van der Waals surface area contributed by atoms with E-state index in [9.17, 15) is 4.79 Å². The number of hydrogen-bond donors (Lipinski definition) is 1. The SMILES string of the molecule is CCC(NC)c1ccccc1OCC(=O)N1CCCCC1. The second-order valence-electron chi connectivity index (χ2n) is 5.52. The maximum atomic E-state index is 12.2. The summed E-state index contributed by atoms with van der Waals surface area (Å²) in [6.07, 6.45) is 4.44. The monoisotopic (exact) mass is 290 g/mol. The average Bonchev–Trinajstić information content (AvgIpc) is 2.55. The van der Waals surface area contributed by atoms with Crippen LogP contribution in [0.2, 0.25) is 0 Å². The number of nitrogens with zero attached hydrogens (tertiary/aromatic N) is 1. The van der Waals surface area contributed by atoms with Crippen LogP contribution >= 0.6 is 0 Å². The van der Waals surface area contributed by atoms with Crippen molar-refractivity contribution < 1.29 is 9.53 Å². The van der Waals surface area contributed by atoms with Gasteiger partial charge in [-0.3, -0.25) is 4.79 Å². The third kappa shape index (κ3) is 4.21. The molecule has 21 heavy (non-hydrogen) atoms. The molecule has 2 rings (SSSR count). The zero-order valence-electron chi connectivity index (χ0n) is 13.1. The second kappa shape index (κ2) is 8.03. The Morgan fingerprint density at radius 3 is 2.67 bits per heavy atom. The van der Waals surface area contributed by atoms with Gasteiger partial charge in [-0.25, -0.2) is 0 Å². The zero-order chi connectivity index (χ0) is 15.1. The molecule has 0 saturated carbocycles. The number of para-hydroxylation sites is 1. The molecule has 0 spiro atoms. The Morgan fingerprint density at radius 1 is 1.29 bits per heavy atom. The third-order valence-corrected chi connectivity index (χ3v) is 4.11. The molecule has 1 fully saturated rings. The summed E-state index contributed by atoms with van der Waals surface area (Å²) in [7, 11) is 1.95. The Kier molecular flexibility index (Phi) is 6.05. The lowest BCUT2D eigenvalue weighted by atomic mass is 10.0. The topological polar surface area (TPSA) is 41.6 Å². The van der Waals surface area contributed by atoms with E-state index in [0.717, 1.165) is 43.7 Å². The fourth-order valence-corrected chi connectivity index (χ4v) is 2.85. The summed E-state index contributed by atoms with van der Waals surface area (Å²) < 4.78 is 5.81. The quantitative estimate of drug-likeness (QED) is 0.876. The normalized spacial score (nSPS) is 16.6. The van der Waals surface area contributed by atoms with Gasteiger partial charge < -0.3 is 15.0 Å². The van der Waals surface area contributed by atoms with Crippen LogP contribution in [0.3, 0.4) is 0 Å². The van der Waals surface area contributed by atoms with Gasteiger partial charge in [0.15, 0.2) is 6.61 Å². The molecule has 1 amide bonds. The Hall–Kier alpha value is -1.55. The summed E-state index contributed by atoms with van der Waals surface area (Å²) in [5, 5.41) is 3.28. The number of carbonyl (C=O) groups is 1. The number of carbonyl (C=O) groups excluding carboxylic acids is 1. The summed E-state index contributed by atoms with van der Waals surface area (Å²) in [4.78, 5) is 14.1. The molecule has 1 aliphatic rings. The van der Waals surface area contributed by atoms with E-state index in [1.807, 2.05) is 30.1 Å². The molecule has 1 aliphatic heterocycles. The van der Waals surface area contributed by atoms with Crippen molar-refractivity contribution in [3.63, 3.8) is 0 Å². The first-order valence-electron chi connectivity index (χ1n) is 7.93. The molecule has 0 aromatic heterocycles. The van der Waals surface area contributed by atoms with Crippen molar-refractivity contribution in [2.45, 2.75) is 38.6 Å². The number of ether oxygens (including phenoxy) is 1. The molecule has 1 saturated heterocycles. The van der Waals surface area contributed by atoms with Gasteiger partial charge in [0, 0.05) is 24.7 Å². The fraction of sp³-hybridized carbons (Fsp3) is 0.588. The van der Waals surface area contributed by atoms with Crippen LogP contribution in [0.25, 0.3) is 0 Å². The zero-order valence-corrected chi connectivity index (χ0v) is 13.1. The number of likely N-dealkylation sites (tertiary alicyclic amines) is 1. The molecule has 1 aromatic carbocycles. The van der Waals surface area contributed by atoms with Gasteiger partial charge in [0.1, 0.15) is 5.75 Å². The van der Waals surface area contributed by atoms with E-state index >= 15 is 0 Å². The number of hydrogen-bond acceptors (Lipinski definition) is 3. The number of amides is 1. The third-order valence-electron chi connectivity index (χ3n) is 4.11. The molecule has 4 nitrogen and oxygen atoms in total. The van der Waals surface area contributed by atoms with Crippen molar-refractivity contribution in [3.05, 3.63) is 29.8 Å². The first-order chi connectivity index (χ1) is 10.3. The van der Waals surface area contributed by atoms with Gasteiger partial charge in [0.25, 0.3) is 5.91 Å². The van der Waals surface area contributed by atoms with Gasteiger partial charge in [0.2, 0.25) is 0 Å². The minimum Gasteiger partial charge on any atom is -0.483 e. The summed E-state index contributed by atoms with van der Waals surface area (Å²) in [6.45, 7) is 4.02. The molecule has 1 unspecified atom stereocenters. The summed E-state index contributed by atoms with van der Waals surface area (Å²) >= 11 is 0. The average molecular weight is 290 g/mol. The molecular weight excluding hydrogens is 264 g/mol. The van der Waals surface area contributed by atoms with Crippen LogP contribution in [0.5, 0.6) is 5.75 Å². The minimum atomic E-state index is 0.0991. The lowest BCUT2D eigenvalue weighted by Crippen LogP contribution is -2.38. The largest absolute Gasteiger partial charge is 0.483 e. The molecule has 1 N–H and O–H groups in total. The molecular formula is C17H26N2O2. The van der Waals surface area contributed by atoms with E-state index in [1.165, 1.54) is 6.42 Å². The van der Waals surface area contributed by atoms with Crippen molar-refractivity contribution in [1.29, 1.82) is 0 Å². The summed E-state index contributed by atoms with van der Waals surface area (Å²) in [6, 6.07) is 8.22. The maximum Gasteiger partial charge on any atom is 0.260 e. The van der Waals surface area contributed by atoms with Gasteiger partial charge >= 0.3 is 0 Å². The van der Waals surface area contributed by atoms with E-state index in [0.29, 0.717) is 0 Å². The van der Waals surface area contributed by atoms with Crippen LogP contribution in [0.15, 0.2) is 24.3 Å². The molecule has 116 valence electrons. The van der Waals surface area contributed by atoms with Crippen LogP contribution in [-0.2, 0) is 4.79 Å². The van der Waals surface area contributed by atoms with Crippen LogP contribution in [0.1, 0.15) is 44.2 Å². The molecule has 1 aromatic rings. The van der Waals surface area contributed by atoms with Crippen molar-refractivity contribution in [2.75, 3.05) is 26.7 Å². The lowest BCUT2D eigenvalue weighted by Gasteiger charge is -2.27. The van der Waals surface area contributed by atoms with Gasteiger partial charge in [-0.05, 0) is 38.8 Å². The van der Waals surface area contributed by atoms with Gasteiger partial charge in [0.05, 0.1) is 0 Å². The lowest BCUT2D eigenvalue weighted by molar-refractivity contribution is -0.134. The van der Waals surface area contributed by atoms with Crippen LogP contribution < -0.4 is 10.1 Å². The van der Waals surface area contributed by atoms with Crippen molar-refractivity contribution in [2.24, 2.45) is 0 Å². The smallest absolute Gasteiger partial charge is 0.260 e. The van der Waals surface area contributed by atoms with Crippen molar-refractivity contribution in [1.82, 2.24) is 10.2 Å². The highest BCUT2D eigenvalue weighted by Gasteiger charge is 2.18. The van der Waals surface area contributed by atoms with Gasteiger partial charge in [-0.2, -0.15) is 0 Å². The minimum absolute atomic E-state index is 0.0991. The Morgan fingerprint density at radius 2 is 2.00 bits per heavy atom. The fourth-order valence-electron chi connectivity index (χ4n) is 2.85. The highest BCUT2D eigenvalue weighted by Crippen LogP contribution is 2.26. The van der Waals surface area contributed by atoms with Crippen molar-refractivity contribution >= 4 is 5.91 Å². The Bertz CT molecular complexity index is 452. The van der Waals surface area contributed by atoms with Crippen LogP contribution in [0, 0.1) is 0 Å². The molecule has 0 radical (unpaired) electrons. The summed E-state index contributed by atoms with van der Waals surface area (Å²) in [5.74, 6) is 0.908. The number of nitrogens with one attached hydrogen (secondary N) is 1. The predicted molar refractivity (Wildman–Crippen MR) is 84.5 cm³/mol. The first-order valence-corrected chi connectivity index (χ1v) is 7.93. The van der Waals surface area contributed by atoms with E-state index < -0.39 is 0 Å². The van der Waals surface area contributed by atoms with Crippen LogP contribution in [-0.4, -0.2) is 37.6 Å². The molecule has 0 bridgehead atoms. The molecule has 4 heteroatoms. The molecule has 1 atom stereocenters.